The number of rotatable bonds is 4. The van der Waals surface area contributed by atoms with Crippen LogP contribution in [0.25, 0.3) is 0 Å². The van der Waals surface area contributed by atoms with E-state index < -0.39 is 6.10 Å². The number of nitrogens with zero attached hydrogens (tertiary/aromatic N) is 2. The Balaban J connectivity index is 1.85. The summed E-state index contributed by atoms with van der Waals surface area (Å²) in [6.45, 7) is 0.258. The van der Waals surface area contributed by atoms with Crippen LogP contribution >= 0.6 is 11.6 Å². The second kappa shape index (κ2) is 4.76. The Bertz CT molecular complexity index is 378. The zero-order valence-corrected chi connectivity index (χ0v) is 9.31. The van der Waals surface area contributed by atoms with Gasteiger partial charge in [-0.2, -0.15) is 0 Å². The van der Waals surface area contributed by atoms with E-state index in [1.165, 1.54) is 12.1 Å². The van der Waals surface area contributed by atoms with Gasteiger partial charge in [0.15, 0.2) is 10.8 Å². The minimum absolute atomic E-state index is 0.201. The van der Waals surface area contributed by atoms with Crippen molar-refractivity contribution in [2.75, 3.05) is 6.54 Å². The van der Waals surface area contributed by atoms with Crippen molar-refractivity contribution >= 4 is 17.5 Å². The summed E-state index contributed by atoms with van der Waals surface area (Å²) in [5, 5.41) is 19.6. The first-order valence-electron chi connectivity index (χ1n) is 5.12. The highest BCUT2D eigenvalue weighted by molar-refractivity contribution is 6.29. The molecule has 2 N–H and O–H groups in total. The maximum absolute atomic E-state index is 11.5. The van der Waals surface area contributed by atoms with E-state index >= 15 is 0 Å². The predicted molar refractivity (Wildman–Crippen MR) is 58.1 cm³/mol. The van der Waals surface area contributed by atoms with Gasteiger partial charge in [-0.15, -0.1) is 10.2 Å². The van der Waals surface area contributed by atoms with Crippen LogP contribution in [0.2, 0.25) is 5.15 Å². The minimum atomic E-state index is -0.454. The summed E-state index contributed by atoms with van der Waals surface area (Å²) in [4.78, 5) is 11.5. The average Bonchev–Trinajstić information content (AvgIpc) is 3.10. The number of carbonyl (C=O) groups excluding carboxylic acids is 1. The lowest BCUT2D eigenvalue weighted by molar-refractivity contribution is 0.0895. The summed E-state index contributed by atoms with van der Waals surface area (Å²) in [6.07, 6.45) is 1.62. The summed E-state index contributed by atoms with van der Waals surface area (Å²) in [7, 11) is 0. The predicted octanol–water partition coefficient (Wildman–Crippen LogP) is 0.631. The van der Waals surface area contributed by atoms with Crippen LogP contribution in [0.1, 0.15) is 23.3 Å². The van der Waals surface area contributed by atoms with E-state index in [0.29, 0.717) is 5.92 Å². The van der Waals surface area contributed by atoms with Crippen molar-refractivity contribution in [2.45, 2.75) is 18.9 Å². The van der Waals surface area contributed by atoms with Gasteiger partial charge in [0.1, 0.15) is 0 Å². The number of aliphatic hydroxyl groups excluding tert-OH is 1. The zero-order valence-electron chi connectivity index (χ0n) is 8.56. The van der Waals surface area contributed by atoms with Gasteiger partial charge in [0.2, 0.25) is 0 Å². The summed E-state index contributed by atoms with van der Waals surface area (Å²) in [6, 6.07) is 2.99. The van der Waals surface area contributed by atoms with Gasteiger partial charge in [-0.1, -0.05) is 11.6 Å². The molecule has 1 unspecified atom stereocenters. The molecule has 0 aromatic carbocycles. The van der Waals surface area contributed by atoms with Gasteiger partial charge in [-0.3, -0.25) is 4.79 Å². The molecular weight excluding hydrogens is 230 g/mol. The lowest BCUT2D eigenvalue weighted by Gasteiger charge is -2.09. The van der Waals surface area contributed by atoms with Crippen molar-refractivity contribution < 1.29 is 9.90 Å². The number of aromatic nitrogens is 2. The molecule has 1 heterocycles. The van der Waals surface area contributed by atoms with E-state index in [1.807, 2.05) is 0 Å². The number of carbonyl (C=O) groups is 1. The second-order valence-electron chi connectivity index (χ2n) is 3.86. The lowest BCUT2D eigenvalue weighted by atomic mass is 10.2. The van der Waals surface area contributed by atoms with Crippen molar-refractivity contribution in [3.8, 4) is 0 Å². The molecule has 0 bridgehead atoms. The molecule has 1 saturated carbocycles. The molecule has 1 aromatic rings. The van der Waals surface area contributed by atoms with E-state index in [-0.39, 0.29) is 23.3 Å². The van der Waals surface area contributed by atoms with Gasteiger partial charge in [-0.25, -0.2) is 0 Å². The number of halogens is 1. The quantitative estimate of drug-likeness (QED) is 0.811. The molecule has 1 aliphatic carbocycles. The van der Waals surface area contributed by atoms with E-state index in [0.717, 1.165) is 12.8 Å². The van der Waals surface area contributed by atoms with Crippen molar-refractivity contribution in [3.05, 3.63) is 23.0 Å². The molecule has 0 saturated heterocycles. The molecule has 1 atom stereocenters. The van der Waals surface area contributed by atoms with Gasteiger partial charge in [0.05, 0.1) is 6.10 Å². The van der Waals surface area contributed by atoms with Crippen molar-refractivity contribution in [3.63, 3.8) is 0 Å². The van der Waals surface area contributed by atoms with E-state index in [4.69, 9.17) is 11.6 Å². The van der Waals surface area contributed by atoms with Gasteiger partial charge < -0.3 is 10.4 Å². The van der Waals surface area contributed by atoms with Gasteiger partial charge in [0.25, 0.3) is 5.91 Å². The van der Waals surface area contributed by atoms with Crippen LogP contribution in [-0.4, -0.2) is 33.9 Å². The van der Waals surface area contributed by atoms with Crippen LogP contribution in [-0.2, 0) is 0 Å². The Morgan fingerprint density at radius 1 is 1.56 bits per heavy atom. The first kappa shape index (κ1) is 11.3. The van der Waals surface area contributed by atoms with Crippen LogP contribution in [0.3, 0.4) is 0 Å². The molecule has 86 valence electrons. The number of amides is 1. The maximum Gasteiger partial charge on any atom is 0.271 e. The molecule has 1 aliphatic rings. The molecule has 1 amide bonds. The minimum Gasteiger partial charge on any atom is -0.391 e. The molecule has 1 aromatic heterocycles. The normalized spacial score (nSPS) is 16.9. The monoisotopic (exact) mass is 241 g/mol. The topological polar surface area (TPSA) is 75.1 Å². The molecule has 0 spiro atoms. The molecule has 16 heavy (non-hydrogen) atoms. The van der Waals surface area contributed by atoms with Crippen molar-refractivity contribution in [1.29, 1.82) is 0 Å². The number of hydrogen-bond acceptors (Lipinski definition) is 4. The fourth-order valence-electron chi connectivity index (χ4n) is 1.37. The average molecular weight is 242 g/mol. The Labute approximate surface area is 97.8 Å². The first-order valence-corrected chi connectivity index (χ1v) is 5.50. The van der Waals surface area contributed by atoms with E-state index in [1.54, 1.807) is 0 Å². The molecule has 0 aliphatic heterocycles. The standard InChI is InChI=1S/C10H12ClN3O2/c11-9-4-3-7(13-14-9)10(16)12-5-8(15)6-1-2-6/h3-4,6,8,15H,1-2,5H2,(H,12,16). The van der Waals surface area contributed by atoms with Gasteiger partial charge in [-0.05, 0) is 30.9 Å². The summed E-state index contributed by atoms with van der Waals surface area (Å²) >= 11 is 5.55. The third kappa shape index (κ3) is 2.90. The van der Waals surface area contributed by atoms with Crippen LogP contribution in [0.15, 0.2) is 12.1 Å². The second-order valence-corrected chi connectivity index (χ2v) is 4.24. The molecule has 6 heteroatoms. The van der Waals surface area contributed by atoms with Crippen LogP contribution in [0, 0.1) is 5.92 Å². The number of hydrogen-bond donors (Lipinski definition) is 2. The fraction of sp³-hybridized carbons (Fsp3) is 0.500. The third-order valence-corrected chi connectivity index (χ3v) is 2.70. The SMILES string of the molecule is O=C(NCC(O)C1CC1)c1ccc(Cl)nn1. The number of nitrogens with one attached hydrogen (secondary N) is 1. The third-order valence-electron chi connectivity index (χ3n) is 2.50. The van der Waals surface area contributed by atoms with E-state index in [9.17, 15) is 9.90 Å². The number of aliphatic hydroxyl groups is 1. The summed E-state index contributed by atoms with van der Waals surface area (Å²) in [5.41, 5.74) is 0.201. The lowest BCUT2D eigenvalue weighted by Crippen LogP contribution is -2.33. The zero-order chi connectivity index (χ0) is 11.5. The van der Waals surface area contributed by atoms with Gasteiger partial charge in [0, 0.05) is 6.54 Å². The Kier molecular flexibility index (Phi) is 3.36. The highest BCUT2D eigenvalue weighted by atomic mass is 35.5. The Morgan fingerprint density at radius 2 is 2.31 bits per heavy atom. The van der Waals surface area contributed by atoms with Crippen LogP contribution < -0.4 is 5.32 Å². The molecule has 0 radical (unpaired) electrons. The van der Waals surface area contributed by atoms with Crippen LogP contribution in [0.4, 0.5) is 0 Å². The molecule has 2 rings (SSSR count). The molecule has 1 fully saturated rings. The Morgan fingerprint density at radius 3 is 2.88 bits per heavy atom. The first-order chi connectivity index (χ1) is 7.66. The van der Waals surface area contributed by atoms with Crippen LogP contribution in [0.5, 0.6) is 0 Å². The highest BCUT2D eigenvalue weighted by Crippen LogP contribution is 2.32. The molecule has 5 nitrogen and oxygen atoms in total. The summed E-state index contributed by atoms with van der Waals surface area (Å²) < 4.78 is 0. The highest BCUT2D eigenvalue weighted by Gasteiger charge is 2.29. The van der Waals surface area contributed by atoms with Gasteiger partial charge >= 0.3 is 0 Å². The van der Waals surface area contributed by atoms with Crippen molar-refractivity contribution in [2.24, 2.45) is 5.92 Å². The maximum atomic E-state index is 11.5. The molecular formula is C10H12ClN3O2. The largest absolute Gasteiger partial charge is 0.391 e. The van der Waals surface area contributed by atoms with Crippen molar-refractivity contribution in [1.82, 2.24) is 15.5 Å². The Hall–Kier alpha value is -1.20. The summed E-state index contributed by atoms with van der Waals surface area (Å²) in [5.74, 6) is 0.000434. The smallest absolute Gasteiger partial charge is 0.271 e. The van der Waals surface area contributed by atoms with E-state index in [2.05, 4.69) is 15.5 Å². The fourth-order valence-corrected chi connectivity index (χ4v) is 1.47.